The van der Waals surface area contributed by atoms with Crippen LogP contribution in [0.25, 0.3) is 0 Å². The van der Waals surface area contributed by atoms with Gasteiger partial charge in [0, 0.05) is 17.0 Å². The Morgan fingerprint density at radius 2 is 2.12 bits per heavy atom. The van der Waals surface area contributed by atoms with Gasteiger partial charge in [-0.25, -0.2) is 8.42 Å². The zero-order valence-corrected chi connectivity index (χ0v) is 11.2. The molecule has 1 rings (SSSR count). The predicted molar refractivity (Wildman–Crippen MR) is 66.5 cm³/mol. The summed E-state index contributed by atoms with van der Waals surface area (Å²) in [5.41, 5.74) is 1.74. The van der Waals surface area contributed by atoms with E-state index in [0.717, 1.165) is 24.1 Å². The third-order valence-electron chi connectivity index (χ3n) is 2.75. The van der Waals surface area contributed by atoms with Gasteiger partial charge in [0.1, 0.15) is 0 Å². The van der Waals surface area contributed by atoms with Crippen LogP contribution >= 0.6 is 0 Å². The van der Waals surface area contributed by atoms with Gasteiger partial charge in [0.05, 0.1) is 25.1 Å². The van der Waals surface area contributed by atoms with Gasteiger partial charge in [-0.15, -0.1) is 0 Å². The number of rotatable bonds is 7. The van der Waals surface area contributed by atoms with E-state index in [1.165, 1.54) is 0 Å². The lowest BCUT2D eigenvalue weighted by molar-refractivity contribution is 0.280. The van der Waals surface area contributed by atoms with E-state index in [-0.39, 0.29) is 18.1 Å². The number of aliphatic hydroxyl groups excluding tert-OH is 1. The van der Waals surface area contributed by atoms with E-state index in [4.69, 9.17) is 5.11 Å². The molecule has 1 N–H and O–H groups in total. The minimum atomic E-state index is -2.97. The van der Waals surface area contributed by atoms with Crippen molar-refractivity contribution in [2.24, 2.45) is 0 Å². The van der Waals surface area contributed by atoms with Crippen molar-refractivity contribution < 1.29 is 13.5 Å². The Morgan fingerprint density at radius 1 is 1.41 bits per heavy atom. The Hall–Kier alpha value is -0.880. The summed E-state index contributed by atoms with van der Waals surface area (Å²) in [6, 6.07) is 0. The number of aryl methyl sites for hydroxylation is 1. The SMILES string of the molecule is CCCc1c(CO)cnn1CCS(=O)(=O)CC. The van der Waals surface area contributed by atoms with E-state index in [9.17, 15) is 8.42 Å². The maximum absolute atomic E-state index is 11.4. The topological polar surface area (TPSA) is 72.2 Å². The maximum Gasteiger partial charge on any atom is 0.151 e. The lowest BCUT2D eigenvalue weighted by Gasteiger charge is -2.08. The lowest BCUT2D eigenvalue weighted by Crippen LogP contribution is -2.17. The minimum absolute atomic E-state index is 0.0458. The molecule has 0 saturated heterocycles. The van der Waals surface area contributed by atoms with Crippen LogP contribution in [0.1, 0.15) is 31.5 Å². The molecule has 98 valence electrons. The Kier molecular flexibility index (Phi) is 5.14. The van der Waals surface area contributed by atoms with Gasteiger partial charge in [-0.2, -0.15) is 5.10 Å². The molecule has 0 amide bonds. The van der Waals surface area contributed by atoms with Crippen molar-refractivity contribution in [1.82, 2.24) is 9.78 Å². The number of hydrogen-bond donors (Lipinski definition) is 1. The van der Waals surface area contributed by atoms with Crippen molar-refractivity contribution in [2.75, 3.05) is 11.5 Å². The molecule has 0 aliphatic carbocycles. The first-order chi connectivity index (χ1) is 8.04. The summed E-state index contributed by atoms with van der Waals surface area (Å²) in [6.45, 7) is 4.01. The number of nitrogens with zero attached hydrogens (tertiary/aromatic N) is 2. The maximum atomic E-state index is 11.4. The second kappa shape index (κ2) is 6.16. The fraction of sp³-hybridized carbons (Fsp3) is 0.727. The highest BCUT2D eigenvalue weighted by Crippen LogP contribution is 2.11. The van der Waals surface area contributed by atoms with Crippen LogP contribution in [-0.4, -0.2) is 34.8 Å². The average molecular weight is 260 g/mol. The number of hydrogen-bond acceptors (Lipinski definition) is 4. The molecule has 0 atom stereocenters. The summed E-state index contributed by atoms with van der Waals surface area (Å²) in [4.78, 5) is 0. The smallest absolute Gasteiger partial charge is 0.151 e. The Morgan fingerprint density at radius 3 is 2.65 bits per heavy atom. The highest BCUT2D eigenvalue weighted by molar-refractivity contribution is 7.91. The molecule has 5 nitrogen and oxygen atoms in total. The van der Waals surface area contributed by atoms with Gasteiger partial charge < -0.3 is 5.11 Å². The van der Waals surface area contributed by atoms with Gasteiger partial charge in [-0.1, -0.05) is 20.3 Å². The summed E-state index contributed by atoms with van der Waals surface area (Å²) >= 11 is 0. The molecule has 0 aliphatic heterocycles. The molecule has 1 heterocycles. The molecule has 0 spiro atoms. The van der Waals surface area contributed by atoms with Gasteiger partial charge in [-0.3, -0.25) is 4.68 Å². The quantitative estimate of drug-likeness (QED) is 0.785. The molecule has 0 radical (unpaired) electrons. The summed E-state index contributed by atoms with van der Waals surface area (Å²) in [7, 11) is -2.97. The number of sulfone groups is 1. The van der Waals surface area contributed by atoms with Crippen molar-refractivity contribution in [3.05, 3.63) is 17.5 Å². The van der Waals surface area contributed by atoms with Gasteiger partial charge in [0.25, 0.3) is 0 Å². The molecule has 17 heavy (non-hydrogen) atoms. The average Bonchev–Trinajstić information content (AvgIpc) is 2.70. The van der Waals surface area contributed by atoms with E-state index in [1.54, 1.807) is 17.8 Å². The molecule has 0 unspecified atom stereocenters. The second-order valence-electron chi connectivity index (χ2n) is 3.98. The monoisotopic (exact) mass is 260 g/mol. The van der Waals surface area contributed by atoms with Crippen LogP contribution in [0.3, 0.4) is 0 Å². The zero-order chi connectivity index (χ0) is 12.9. The number of aromatic nitrogens is 2. The molecular weight excluding hydrogens is 240 g/mol. The van der Waals surface area contributed by atoms with E-state index >= 15 is 0 Å². The molecule has 6 heteroatoms. The lowest BCUT2D eigenvalue weighted by atomic mass is 10.2. The molecule has 0 aromatic carbocycles. The van der Waals surface area contributed by atoms with E-state index < -0.39 is 9.84 Å². The Balaban J connectivity index is 2.80. The van der Waals surface area contributed by atoms with Crippen molar-refractivity contribution in [2.45, 2.75) is 39.8 Å². The van der Waals surface area contributed by atoms with Crippen molar-refractivity contribution in [1.29, 1.82) is 0 Å². The normalized spacial score (nSPS) is 11.9. The van der Waals surface area contributed by atoms with Crippen LogP contribution in [0.2, 0.25) is 0 Å². The molecule has 0 fully saturated rings. The molecule has 0 saturated carbocycles. The summed E-state index contributed by atoms with van der Waals surface area (Å²) in [5.74, 6) is 0.261. The predicted octanol–water partition coefficient (Wildman–Crippen LogP) is 0.763. The highest BCUT2D eigenvalue weighted by atomic mass is 32.2. The molecule has 1 aromatic rings. The van der Waals surface area contributed by atoms with Crippen LogP contribution < -0.4 is 0 Å². The number of aliphatic hydroxyl groups is 1. The van der Waals surface area contributed by atoms with Crippen molar-refractivity contribution >= 4 is 9.84 Å². The van der Waals surface area contributed by atoms with Crippen LogP contribution in [0.5, 0.6) is 0 Å². The highest BCUT2D eigenvalue weighted by Gasteiger charge is 2.12. The summed E-state index contributed by atoms with van der Waals surface area (Å²) < 4.78 is 24.6. The fourth-order valence-corrected chi connectivity index (χ4v) is 2.41. The third kappa shape index (κ3) is 3.81. The first-order valence-corrected chi connectivity index (χ1v) is 7.71. The largest absolute Gasteiger partial charge is 0.392 e. The standard InChI is InChI=1S/C11H20N2O3S/c1-3-5-11-10(9-14)8-12-13(11)6-7-17(15,16)4-2/h8,14H,3-7,9H2,1-2H3. The van der Waals surface area contributed by atoms with E-state index in [0.29, 0.717) is 6.54 Å². The molecular formula is C11H20N2O3S. The van der Waals surface area contributed by atoms with Gasteiger partial charge in [-0.05, 0) is 6.42 Å². The van der Waals surface area contributed by atoms with Crippen LogP contribution in [-0.2, 0) is 29.4 Å². The Labute approximate surface area is 102 Å². The van der Waals surface area contributed by atoms with E-state index in [2.05, 4.69) is 5.10 Å². The first-order valence-electron chi connectivity index (χ1n) is 5.88. The van der Waals surface area contributed by atoms with Crippen LogP contribution in [0.4, 0.5) is 0 Å². The van der Waals surface area contributed by atoms with Crippen molar-refractivity contribution in [3.63, 3.8) is 0 Å². The molecule has 1 aromatic heterocycles. The summed E-state index contributed by atoms with van der Waals surface area (Å²) in [6.07, 6.45) is 3.37. The third-order valence-corrected chi connectivity index (χ3v) is 4.43. The van der Waals surface area contributed by atoms with Gasteiger partial charge in [0.15, 0.2) is 9.84 Å². The molecule has 0 aliphatic rings. The fourth-order valence-electron chi connectivity index (χ4n) is 1.67. The zero-order valence-electron chi connectivity index (χ0n) is 10.4. The molecule has 0 bridgehead atoms. The Bertz CT molecular complexity index is 451. The van der Waals surface area contributed by atoms with Crippen molar-refractivity contribution in [3.8, 4) is 0 Å². The van der Waals surface area contributed by atoms with Crippen LogP contribution in [0, 0.1) is 0 Å². The second-order valence-corrected chi connectivity index (χ2v) is 6.46. The first kappa shape index (κ1) is 14.2. The van der Waals surface area contributed by atoms with Crippen LogP contribution in [0.15, 0.2) is 6.20 Å². The minimum Gasteiger partial charge on any atom is -0.392 e. The van der Waals surface area contributed by atoms with Gasteiger partial charge in [0.2, 0.25) is 0 Å². The van der Waals surface area contributed by atoms with Gasteiger partial charge >= 0.3 is 0 Å². The van der Waals surface area contributed by atoms with E-state index in [1.807, 2.05) is 6.92 Å². The summed E-state index contributed by atoms with van der Waals surface area (Å²) in [5, 5.41) is 13.3.